The van der Waals surface area contributed by atoms with Crippen molar-refractivity contribution in [3.05, 3.63) is 47.4 Å². The van der Waals surface area contributed by atoms with Crippen LogP contribution in [0.2, 0.25) is 0 Å². The van der Waals surface area contributed by atoms with E-state index in [1.165, 1.54) is 5.56 Å². The Morgan fingerprint density at radius 1 is 1.04 bits per heavy atom. The van der Waals surface area contributed by atoms with Gasteiger partial charge in [-0.3, -0.25) is 0 Å². The number of rotatable bonds is 2. The zero-order chi connectivity index (χ0) is 15.8. The topological polar surface area (TPSA) is 57.7 Å². The van der Waals surface area contributed by atoms with E-state index in [0.717, 1.165) is 54.3 Å². The summed E-state index contributed by atoms with van der Waals surface area (Å²) >= 11 is 0. The van der Waals surface area contributed by atoms with Crippen molar-refractivity contribution in [2.75, 3.05) is 18.0 Å². The van der Waals surface area contributed by atoms with Gasteiger partial charge in [0.15, 0.2) is 5.82 Å². The first kappa shape index (κ1) is 14.2. The first-order valence-electron chi connectivity index (χ1n) is 8.21. The standard InChI is InChI=1S/C18H21N5/c1-12-4-3-5-15-17(12)20-18(19-15)14-8-10-23(11-9-14)16-7-6-13(2)21-22-16/h3-7,14H,8-11H2,1-2H3,(H,19,20). The van der Waals surface area contributed by atoms with Crippen molar-refractivity contribution in [3.63, 3.8) is 0 Å². The molecule has 3 heterocycles. The molecule has 2 aromatic heterocycles. The molecule has 0 aliphatic carbocycles. The van der Waals surface area contributed by atoms with Gasteiger partial charge in [-0.1, -0.05) is 12.1 Å². The molecule has 0 bridgehead atoms. The van der Waals surface area contributed by atoms with E-state index in [0.29, 0.717) is 5.92 Å². The van der Waals surface area contributed by atoms with E-state index >= 15 is 0 Å². The molecule has 0 radical (unpaired) electrons. The van der Waals surface area contributed by atoms with Crippen LogP contribution in [0.3, 0.4) is 0 Å². The van der Waals surface area contributed by atoms with Crippen LogP contribution in [0.1, 0.15) is 35.8 Å². The summed E-state index contributed by atoms with van der Waals surface area (Å²) in [6.45, 7) is 6.08. The van der Waals surface area contributed by atoms with Gasteiger partial charge in [-0.2, -0.15) is 5.10 Å². The van der Waals surface area contributed by atoms with E-state index in [1.807, 2.05) is 13.0 Å². The van der Waals surface area contributed by atoms with Crippen LogP contribution in [0.15, 0.2) is 30.3 Å². The maximum Gasteiger partial charge on any atom is 0.151 e. The number of aromatic amines is 1. The molecule has 0 unspecified atom stereocenters. The van der Waals surface area contributed by atoms with Crippen molar-refractivity contribution in [3.8, 4) is 0 Å². The van der Waals surface area contributed by atoms with Gasteiger partial charge in [-0.05, 0) is 50.5 Å². The Balaban J connectivity index is 1.50. The largest absolute Gasteiger partial charge is 0.355 e. The molecule has 1 fully saturated rings. The summed E-state index contributed by atoms with van der Waals surface area (Å²) in [6.07, 6.45) is 2.18. The lowest BCUT2D eigenvalue weighted by molar-refractivity contribution is 0.486. The summed E-state index contributed by atoms with van der Waals surface area (Å²) in [7, 11) is 0. The van der Waals surface area contributed by atoms with Gasteiger partial charge in [0.2, 0.25) is 0 Å². The first-order valence-corrected chi connectivity index (χ1v) is 8.21. The summed E-state index contributed by atoms with van der Waals surface area (Å²) < 4.78 is 0. The van der Waals surface area contributed by atoms with Crippen molar-refractivity contribution in [2.45, 2.75) is 32.6 Å². The average Bonchev–Trinajstić information content (AvgIpc) is 3.01. The van der Waals surface area contributed by atoms with Gasteiger partial charge in [0.1, 0.15) is 5.82 Å². The Kier molecular flexibility index (Phi) is 3.48. The molecule has 1 aromatic carbocycles. The molecule has 0 atom stereocenters. The molecule has 1 N–H and O–H groups in total. The lowest BCUT2D eigenvalue weighted by atomic mass is 9.96. The van der Waals surface area contributed by atoms with Crippen LogP contribution in [-0.2, 0) is 0 Å². The minimum atomic E-state index is 0.497. The zero-order valence-electron chi connectivity index (χ0n) is 13.6. The Hall–Kier alpha value is -2.43. The second-order valence-corrected chi connectivity index (χ2v) is 6.39. The quantitative estimate of drug-likeness (QED) is 0.789. The smallest absolute Gasteiger partial charge is 0.151 e. The van der Waals surface area contributed by atoms with Gasteiger partial charge in [0, 0.05) is 19.0 Å². The number of hydrogen-bond acceptors (Lipinski definition) is 4. The van der Waals surface area contributed by atoms with Crippen LogP contribution in [0, 0.1) is 13.8 Å². The molecule has 4 rings (SSSR count). The number of anilines is 1. The first-order chi connectivity index (χ1) is 11.2. The molecule has 5 heteroatoms. The van der Waals surface area contributed by atoms with Crippen LogP contribution in [0.5, 0.6) is 0 Å². The molecule has 0 spiro atoms. The SMILES string of the molecule is Cc1ccc(N2CCC(c3nc4c(C)cccc4[nH]3)CC2)nn1. The summed E-state index contributed by atoms with van der Waals surface area (Å²) in [5, 5.41) is 8.46. The summed E-state index contributed by atoms with van der Waals surface area (Å²) in [5.41, 5.74) is 4.44. The lowest BCUT2D eigenvalue weighted by Crippen LogP contribution is -2.33. The Bertz CT molecular complexity index is 813. The molecule has 118 valence electrons. The van der Waals surface area contributed by atoms with Gasteiger partial charge in [-0.15, -0.1) is 5.10 Å². The van der Waals surface area contributed by atoms with Gasteiger partial charge in [0.05, 0.1) is 16.7 Å². The van der Waals surface area contributed by atoms with E-state index in [1.54, 1.807) is 0 Å². The summed E-state index contributed by atoms with van der Waals surface area (Å²) in [5.74, 6) is 2.61. The Morgan fingerprint density at radius 3 is 2.57 bits per heavy atom. The van der Waals surface area contributed by atoms with E-state index in [-0.39, 0.29) is 0 Å². The van der Waals surface area contributed by atoms with Crippen molar-refractivity contribution in [2.24, 2.45) is 0 Å². The van der Waals surface area contributed by atoms with Gasteiger partial charge < -0.3 is 9.88 Å². The number of aryl methyl sites for hydroxylation is 2. The minimum Gasteiger partial charge on any atom is -0.355 e. The predicted octanol–water partition coefficient (Wildman–Crippen LogP) is 3.35. The number of hydrogen-bond donors (Lipinski definition) is 1. The van der Waals surface area contributed by atoms with Crippen LogP contribution >= 0.6 is 0 Å². The minimum absolute atomic E-state index is 0.497. The number of nitrogens with one attached hydrogen (secondary N) is 1. The maximum atomic E-state index is 4.84. The zero-order valence-corrected chi connectivity index (χ0v) is 13.6. The monoisotopic (exact) mass is 307 g/mol. The molecule has 0 amide bonds. The number of para-hydroxylation sites is 1. The molecular formula is C18H21N5. The molecule has 1 saturated heterocycles. The molecular weight excluding hydrogens is 286 g/mol. The third-order valence-corrected chi connectivity index (χ3v) is 4.72. The fourth-order valence-electron chi connectivity index (χ4n) is 3.33. The van der Waals surface area contributed by atoms with Gasteiger partial charge >= 0.3 is 0 Å². The molecule has 3 aromatic rings. The Morgan fingerprint density at radius 2 is 1.87 bits per heavy atom. The molecule has 5 nitrogen and oxygen atoms in total. The molecule has 1 aliphatic rings. The van der Waals surface area contributed by atoms with Crippen LogP contribution in [-0.4, -0.2) is 33.3 Å². The van der Waals surface area contributed by atoms with Crippen molar-refractivity contribution >= 4 is 16.9 Å². The molecule has 23 heavy (non-hydrogen) atoms. The second-order valence-electron chi connectivity index (χ2n) is 6.39. The van der Waals surface area contributed by atoms with Crippen LogP contribution in [0.4, 0.5) is 5.82 Å². The average molecular weight is 307 g/mol. The number of aromatic nitrogens is 4. The Labute approximate surface area is 135 Å². The van der Waals surface area contributed by atoms with Gasteiger partial charge in [0.25, 0.3) is 0 Å². The fourth-order valence-corrected chi connectivity index (χ4v) is 3.33. The van der Waals surface area contributed by atoms with Crippen LogP contribution < -0.4 is 4.90 Å². The third kappa shape index (κ3) is 2.67. The van der Waals surface area contributed by atoms with Crippen molar-refractivity contribution < 1.29 is 0 Å². The number of H-pyrrole nitrogens is 1. The number of nitrogens with zero attached hydrogens (tertiary/aromatic N) is 4. The van der Waals surface area contributed by atoms with Gasteiger partial charge in [-0.25, -0.2) is 4.98 Å². The van der Waals surface area contributed by atoms with E-state index < -0.39 is 0 Å². The number of piperidine rings is 1. The second kappa shape index (κ2) is 5.65. The highest BCUT2D eigenvalue weighted by molar-refractivity contribution is 5.78. The highest BCUT2D eigenvalue weighted by Crippen LogP contribution is 2.29. The molecule has 1 aliphatic heterocycles. The number of imidazole rings is 1. The number of fused-ring (bicyclic) bond motifs is 1. The number of benzene rings is 1. The third-order valence-electron chi connectivity index (χ3n) is 4.72. The maximum absolute atomic E-state index is 4.84. The van der Waals surface area contributed by atoms with Crippen LogP contribution in [0.25, 0.3) is 11.0 Å². The van der Waals surface area contributed by atoms with E-state index in [9.17, 15) is 0 Å². The lowest BCUT2D eigenvalue weighted by Gasteiger charge is -2.31. The molecule has 0 saturated carbocycles. The van der Waals surface area contributed by atoms with E-state index in [2.05, 4.69) is 51.3 Å². The fraction of sp³-hybridized carbons (Fsp3) is 0.389. The van der Waals surface area contributed by atoms with E-state index in [4.69, 9.17) is 4.98 Å². The van der Waals surface area contributed by atoms with Crippen molar-refractivity contribution in [1.82, 2.24) is 20.2 Å². The van der Waals surface area contributed by atoms with Crippen molar-refractivity contribution in [1.29, 1.82) is 0 Å². The summed E-state index contributed by atoms with van der Waals surface area (Å²) in [6, 6.07) is 10.4. The normalized spacial score (nSPS) is 16.2. The predicted molar refractivity (Wildman–Crippen MR) is 91.8 cm³/mol. The summed E-state index contributed by atoms with van der Waals surface area (Å²) in [4.78, 5) is 10.7. The highest BCUT2D eigenvalue weighted by Gasteiger charge is 2.24. The highest BCUT2D eigenvalue weighted by atomic mass is 15.3.